The van der Waals surface area contributed by atoms with Crippen molar-refractivity contribution in [1.29, 1.82) is 0 Å². The summed E-state index contributed by atoms with van der Waals surface area (Å²) in [6.07, 6.45) is 3.53. The van der Waals surface area contributed by atoms with Crippen molar-refractivity contribution in [2.75, 3.05) is 13.2 Å². The highest BCUT2D eigenvalue weighted by Gasteiger charge is 2.15. The van der Waals surface area contributed by atoms with Crippen LogP contribution in [0.1, 0.15) is 42.7 Å². The third-order valence-corrected chi connectivity index (χ3v) is 4.57. The van der Waals surface area contributed by atoms with E-state index in [1.165, 1.54) is 13.3 Å². The number of carbonyl (C=O) groups excluding carboxylic acids is 1. The Kier molecular flexibility index (Phi) is 7.37. The number of hydrazone groups is 1. The largest absolute Gasteiger partial charge is 0.490 e. The number of fused-ring (bicyclic) bond motifs is 1. The van der Waals surface area contributed by atoms with Gasteiger partial charge in [0.05, 0.1) is 24.8 Å². The van der Waals surface area contributed by atoms with E-state index in [1.54, 1.807) is 30.3 Å². The molecule has 0 aliphatic carbocycles. The third-order valence-electron chi connectivity index (χ3n) is 4.57. The molecule has 8 nitrogen and oxygen atoms in total. The maximum absolute atomic E-state index is 12.6. The standard InChI is InChI=1S/C23H26N4O4/c1-4-6-13-31-19-12-11-16(14-20(19)30-5-2)15-24-25-22(28)21-17-9-7-8-10-18(17)23(29)27(3)26-21/h7-12,14-15H,4-6,13H2,1-3H3,(H,25,28)/b24-15-. The highest BCUT2D eigenvalue weighted by atomic mass is 16.5. The lowest BCUT2D eigenvalue weighted by atomic mass is 10.1. The molecule has 0 bridgehead atoms. The molecule has 1 N–H and O–H groups in total. The van der Waals surface area contributed by atoms with Crippen molar-refractivity contribution in [2.45, 2.75) is 26.7 Å². The molecule has 0 aliphatic rings. The van der Waals surface area contributed by atoms with Crippen LogP contribution in [0.15, 0.2) is 52.4 Å². The number of unbranched alkanes of at least 4 members (excludes halogenated alkanes) is 1. The minimum atomic E-state index is -0.507. The lowest BCUT2D eigenvalue weighted by Crippen LogP contribution is -2.27. The molecule has 0 saturated heterocycles. The van der Waals surface area contributed by atoms with Gasteiger partial charge in [-0.25, -0.2) is 10.1 Å². The molecule has 8 heteroatoms. The first kappa shape index (κ1) is 22.0. The van der Waals surface area contributed by atoms with E-state index in [1.807, 2.05) is 19.1 Å². The molecule has 0 saturated carbocycles. The quantitative estimate of drug-likeness (QED) is 0.324. The van der Waals surface area contributed by atoms with Crippen molar-refractivity contribution in [3.63, 3.8) is 0 Å². The molecule has 0 radical (unpaired) electrons. The van der Waals surface area contributed by atoms with Crippen molar-refractivity contribution in [1.82, 2.24) is 15.2 Å². The summed E-state index contributed by atoms with van der Waals surface area (Å²) in [5.74, 6) is 0.796. The Balaban J connectivity index is 1.77. The van der Waals surface area contributed by atoms with E-state index in [0.717, 1.165) is 23.1 Å². The van der Waals surface area contributed by atoms with Crippen LogP contribution in [0.25, 0.3) is 10.8 Å². The lowest BCUT2D eigenvalue weighted by Gasteiger charge is -2.12. The van der Waals surface area contributed by atoms with Crippen LogP contribution in [0.3, 0.4) is 0 Å². The summed E-state index contributed by atoms with van der Waals surface area (Å²) in [7, 11) is 1.51. The number of rotatable bonds is 9. The number of hydrogen-bond acceptors (Lipinski definition) is 6. The molecule has 1 heterocycles. The van der Waals surface area contributed by atoms with Gasteiger partial charge in [-0.05, 0) is 43.2 Å². The summed E-state index contributed by atoms with van der Waals surface area (Å²) in [6, 6.07) is 12.3. The number of carbonyl (C=O) groups is 1. The van der Waals surface area contributed by atoms with Crippen molar-refractivity contribution in [2.24, 2.45) is 12.1 Å². The predicted octanol–water partition coefficient (Wildman–Crippen LogP) is 3.28. The van der Waals surface area contributed by atoms with Gasteiger partial charge in [0, 0.05) is 12.4 Å². The van der Waals surface area contributed by atoms with Crippen LogP contribution in [-0.2, 0) is 7.05 Å². The molecular formula is C23H26N4O4. The van der Waals surface area contributed by atoms with E-state index in [-0.39, 0.29) is 11.3 Å². The smallest absolute Gasteiger partial charge is 0.292 e. The van der Waals surface area contributed by atoms with Crippen LogP contribution >= 0.6 is 0 Å². The van der Waals surface area contributed by atoms with Gasteiger partial charge in [0.1, 0.15) is 0 Å². The fourth-order valence-corrected chi connectivity index (χ4v) is 3.00. The number of aryl methyl sites for hydroxylation is 1. The SMILES string of the molecule is CCCCOc1ccc(/C=N\NC(=O)c2nn(C)c(=O)c3ccccc23)cc1OCC. The van der Waals surface area contributed by atoms with Gasteiger partial charge >= 0.3 is 0 Å². The molecule has 1 aromatic heterocycles. The van der Waals surface area contributed by atoms with Crippen molar-refractivity contribution < 1.29 is 14.3 Å². The number of amides is 1. The number of nitrogens with one attached hydrogen (secondary N) is 1. The van der Waals surface area contributed by atoms with Gasteiger partial charge in [0.2, 0.25) is 0 Å². The van der Waals surface area contributed by atoms with Gasteiger partial charge in [-0.1, -0.05) is 31.5 Å². The first-order valence-corrected chi connectivity index (χ1v) is 10.2. The molecule has 0 unspecified atom stereocenters. The van der Waals surface area contributed by atoms with Crippen LogP contribution in [0, 0.1) is 0 Å². The van der Waals surface area contributed by atoms with Crippen LogP contribution in [0.5, 0.6) is 11.5 Å². The van der Waals surface area contributed by atoms with E-state index in [2.05, 4.69) is 22.5 Å². The van der Waals surface area contributed by atoms with E-state index in [0.29, 0.717) is 35.5 Å². The molecule has 0 atom stereocenters. The molecule has 2 aromatic carbocycles. The summed E-state index contributed by atoms with van der Waals surface area (Å²) in [5.41, 5.74) is 3.08. The zero-order chi connectivity index (χ0) is 22.2. The number of benzene rings is 2. The van der Waals surface area contributed by atoms with E-state index >= 15 is 0 Å². The number of aromatic nitrogens is 2. The fourth-order valence-electron chi connectivity index (χ4n) is 3.00. The Morgan fingerprint density at radius 2 is 1.90 bits per heavy atom. The Morgan fingerprint density at radius 1 is 1.13 bits per heavy atom. The van der Waals surface area contributed by atoms with Gasteiger partial charge in [-0.2, -0.15) is 10.2 Å². The van der Waals surface area contributed by atoms with Crippen molar-refractivity contribution in [3.8, 4) is 11.5 Å². The molecule has 0 spiro atoms. The maximum Gasteiger partial charge on any atom is 0.292 e. The predicted molar refractivity (Wildman–Crippen MR) is 120 cm³/mol. The van der Waals surface area contributed by atoms with Gasteiger partial charge in [0.15, 0.2) is 17.2 Å². The summed E-state index contributed by atoms with van der Waals surface area (Å²) < 4.78 is 12.6. The Bertz CT molecular complexity index is 1150. The number of nitrogens with zero attached hydrogens (tertiary/aromatic N) is 3. The van der Waals surface area contributed by atoms with Crippen molar-refractivity contribution >= 4 is 22.9 Å². The maximum atomic E-state index is 12.6. The molecule has 0 fully saturated rings. The molecule has 162 valence electrons. The zero-order valence-corrected chi connectivity index (χ0v) is 17.9. The summed E-state index contributed by atoms with van der Waals surface area (Å²) in [4.78, 5) is 24.9. The van der Waals surface area contributed by atoms with E-state index in [9.17, 15) is 9.59 Å². The lowest BCUT2D eigenvalue weighted by molar-refractivity contribution is 0.0950. The summed E-state index contributed by atoms with van der Waals surface area (Å²) >= 11 is 0. The van der Waals surface area contributed by atoms with Gasteiger partial charge < -0.3 is 9.47 Å². The first-order valence-electron chi connectivity index (χ1n) is 10.2. The Hall–Kier alpha value is -3.68. The number of hydrogen-bond donors (Lipinski definition) is 1. The first-order chi connectivity index (χ1) is 15.0. The topological polar surface area (TPSA) is 94.8 Å². The second kappa shape index (κ2) is 10.4. The van der Waals surface area contributed by atoms with Crippen molar-refractivity contribution in [3.05, 3.63) is 64.1 Å². The third kappa shape index (κ3) is 5.28. The molecule has 1 amide bonds. The van der Waals surface area contributed by atoms with Crippen LogP contribution in [0.4, 0.5) is 0 Å². The second-order valence-corrected chi connectivity index (χ2v) is 6.86. The molecular weight excluding hydrogens is 396 g/mol. The average Bonchev–Trinajstić information content (AvgIpc) is 2.78. The van der Waals surface area contributed by atoms with Gasteiger partial charge in [0.25, 0.3) is 11.5 Å². The zero-order valence-electron chi connectivity index (χ0n) is 17.9. The van der Waals surface area contributed by atoms with E-state index < -0.39 is 5.91 Å². The van der Waals surface area contributed by atoms with Crippen LogP contribution < -0.4 is 20.5 Å². The molecule has 31 heavy (non-hydrogen) atoms. The fraction of sp³-hybridized carbons (Fsp3) is 0.304. The van der Waals surface area contributed by atoms with Crippen LogP contribution in [0.2, 0.25) is 0 Å². The average molecular weight is 422 g/mol. The Labute approximate surface area is 180 Å². The van der Waals surface area contributed by atoms with Gasteiger partial charge in [-0.15, -0.1) is 0 Å². The monoisotopic (exact) mass is 422 g/mol. The molecule has 0 aliphatic heterocycles. The van der Waals surface area contributed by atoms with Crippen LogP contribution in [-0.4, -0.2) is 35.1 Å². The minimum absolute atomic E-state index is 0.129. The number of ether oxygens (including phenoxy) is 2. The summed E-state index contributed by atoms with van der Waals surface area (Å²) in [5, 5.41) is 9.03. The normalized spacial score (nSPS) is 11.1. The van der Waals surface area contributed by atoms with Gasteiger partial charge in [-0.3, -0.25) is 9.59 Å². The highest BCUT2D eigenvalue weighted by molar-refractivity contribution is 6.04. The molecule has 3 aromatic rings. The minimum Gasteiger partial charge on any atom is -0.490 e. The highest BCUT2D eigenvalue weighted by Crippen LogP contribution is 2.28. The molecule has 3 rings (SSSR count). The second-order valence-electron chi connectivity index (χ2n) is 6.86. The Morgan fingerprint density at radius 3 is 2.65 bits per heavy atom. The summed E-state index contributed by atoms with van der Waals surface area (Å²) in [6.45, 7) is 5.14. The van der Waals surface area contributed by atoms with E-state index in [4.69, 9.17) is 9.47 Å².